The van der Waals surface area contributed by atoms with Crippen LogP contribution in [0.4, 0.5) is 0 Å². The minimum Gasteiger partial charge on any atom is -0.492 e. The van der Waals surface area contributed by atoms with Crippen molar-refractivity contribution in [2.45, 2.75) is 43.7 Å². The second kappa shape index (κ2) is 6.53. The van der Waals surface area contributed by atoms with E-state index in [4.69, 9.17) is 27.9 Å². The van der Waals surface area contributed by atoms with Crippen molar-refractivity contribution in [3.63, 3.8) is 0 Å². The topological polar surface area (TPSA) is 21.3 Å². The quantitative estimate of drug-likeness (QED) is 0.727. The Morgan fingerprint density at radius 2 is 2.17 bits per heavy atom. The largest absolute Gasteiger partial charge is 0.492 e. The van der Waals surface area contributed by atoms with Crippen molar-refractivity contribution in [2.24, 2.45) is 5.92 Å². The predicted molar refractivity (Wildman–Crippen MR) is 102 cm³/mol. The first kappa shape index (κ1) is 16.7. The molecule has 2 fully saturated rings. The van der Waals surface area contributed by atoms with Crippen molar-refractivity contribution >= 4 is 34.5 Å². The lowest BCUT2D eigenvalue weighted by atomic mass is 9.73. The average Bonchev–Trinajstić information content (AvgIpc) is 3.19. The van der Waals surface area contributed by atoms with E-state index in [0.29, 0.717) is 40.3 Å². The van der Waals surface area contributed by atoms with Crippen LogP contribution in [-0.4, -0.2) is 18.2 Å². The Morgan fingerprint density at radius 1 is 1.29 bits per heavy atom. The van der Waals surface area contributed by atoms with E-state index < -0.39 is 0 Å². The first-order valence-corrected chi connectivity index (χ1v) is 10.1. The molecule has 2 bridgehead atoms. The number of benzene rings is 1. The molecular formula is C19H21Cl2NOS. The van der Waals surface area contributed by atoms with E-state index in [9.17, 15) is 0 Å². The standard InChI is InChI=1S/C19H21Cl2NOS/c1-19-8-7-12(22-19)10-13(17-6-3-9-24-17)14(19)11-23-16-5-2-4-15(20)18(16)21/h2-6,9,12-14,22H,7-8,10-11H2,1H3/t12?,13-,14+,19?/m0/s1. The normalized spacial score (nSPS) is 32.0. The van der Waals surface area contributed by atoms with Gasteiger partial charge in [0.25, 0.3) is 0 Å². The zero-order chi connectivity index (χ0) is 16.7. The maximum atomic E-state index is 6.29. The van der Waals surface area contributed by atoms with Gasteiger partial charge in [-0.2, -0.15) is 0 Å². The Kier molecular flexibility index (Phi) is 4.55. The Morgan fingerprint density at radius 3 is 2.96 bits per heavy atom. The first-order chi connectivity index (χ1) is 11.6. The van der Waals surface area contributed by atoms with Crippen LogP contribution in [0.5, 0.6) is 5.75 Å². The molecule has 5 heteroatoms. The predicted octanol–water partition coefficient (Wildman–Crippen LogP) is 5.75. The number of fused-ring (bicyclic) bond motifs is 2. The molecule has 0 amide bonds. The molecule has 1 aromatic carbocycles. The van der Waals surface area contributed by atoms with E-state index in [2.05, 4.69) is 29.8 Å². The van der Waals surface area contributed by atoms with Gasteiger partial charge >= 0.3 is 0 Å². The smallest absolute Gasteiger partial charge is 0.139 e. The molecular weight excluding hydrogens is 361 g/mol. The molecule has 1 aromatic heterocycles. The highest BCUT2D eigenvalue weighted by molar-refractivity contribution is 7.10. The maximum Gasteiger partial charge on any atom is 0.139 e. The lowest BCUT2D eigenvalue weighted by Crippen LogP contribution is -2.55. The molecule has 0 aliphatic carbocycles. The summed E-state index contributed by atoms with van der Waals surface area (Å²) in [5.41, 5.74) is 0.128. The highest BCUT2D eigenvalue weighted by Gasteiger charge is 2.50. The third-order valence-electron chi connectivity index (χ3n) is 5.63. The number of hydrogen-bond acceptors (Lipinski definition) is 3. The van der Waals surface area contributed by atoms with E-state index in [1.807, 2.05) is 23.5 Å². The zero-order valence-corrected chi connectivity index (χ0v) is 15.9. The number of thiophene rings is 1. The fourth-order valence-electron chi connectivity index (χ4n) is 4.36. The van der Waals surface area contributed by atoms with Gasteiger partial charge in [0.1, 0.15) is 10.8 Å². The van der Waals surface area contributed by atoms with Crippen LogP contribution >= 0.6 is 34.5 Å². The van der Waals surface area contributed by atoms with Crippen LogP contribution in [-0.2, 0) is 0 Å². The molecule has 0 saturated carbocycles. The van der Waals surface area contributed by atoms with Gasteiger partial charge in [-0.1, -0.05) is 35.3 Å². The summed E-state index contributed by atoms with van der Waals surface area (Å²) in [6, 6.07) is 10.6. The molecule has 2 aromatic rings. The molecule has 2 aliphatic rings. The van der Waals surface area contributed by atoms with E-state index >= 15 is 0 Å². The Bertz CT molecular complexity index is 720. The minimum absolute atomic E-state index is 0.128. The van der Waals surface area contributed by atoms with Gasteiger partial charge in [0, 0.05) is 28.3 Å². The highest BCUT2D eigenvalue weighted by Crippen LogP contribution is 2.48. The Labute approximate surface area is 157 Å². The van der Waals surface area contributed by atoms with Gasteiger partial charge < -0.3 is 10.1 Å². The van der Waals surface area contributed by atoms with E-state index in [-0.39, 0.29) is 5.54 Å². The molecule has 0 spiro atoms. The van der Waals surface area contributed by atoms with Crippen molar-refractivity contribution in [1.29, 1.82) is 0 Å². The van der Waals surface area contributed by atoms with E-state index in [1.54, 1.807) is 6.07 Å². The van der Waals surface area contributed by atoms with Crippen LogP contribution in [0.2, 0.25) is 10.0 Å². The van der Waals surface area contributed by atoms with Crippen LogP contribution in [0.15, 0.2) is 35.7 Å². The lowest BCUT2D eigenvalue weighted by Gasteiger charge is -2.44. The lowest BCUT2D eigenvalue weighted by molar-refractivity contribution is 0.105. The Hall–Kier alpha value is -0.740. The fourth-order valence-corrected chi connectivity index (χ4v) is 5.61. The minimum atomic E-state index is 0.128. The summed E-state index contributed by atoms with van der Waals surface area (Å²) in [5.74, 6) is 1.64. The Balaban J connectivity index is 1.59. The molecule has 2 aliphatic heterocycles. The third-order valence-corrected chi connectivity index (χ3v) is 7.44. The number of nitrogens with one attached hydrogen (secondary N) is 1. The number of ether oxygens (including phenoxy) is 1. The van der Waals surface area contributed by atoms with Crippen molar-refractivity contribution in [1.82, 2.24) is 5.32 Å². The van der Waals surface area contributed by atoms with Crippen LogP contribution < -0.4 is 10.1 Å². The van der Waals surface area contributed by atoms with Gasteiger partial charge in [0.15, 0.2) is 0 Å². The van der Waals surface area contributed by atoms with Crippen LogP contribution in [0.3, 0.4) is 0 Å². The maximum absolute atomic E-state index is 6.29. The van der Waals surface area contributed by atoms with Gasteiger partial charge in [0.2, 0.25) is 0 Å². The second-order valence-corrected chi connectivity index (χ2v) is 8.89. The van der Waals surface area contributed by atoms with Crippen molar-refractivity contribution < 1.29 is 4.74 Å². The van der Waals surface area contributed by atoms with Crippen molar-refractivity contribution in [3.8, 4) is 5.75 Å². The third kappa shape index (κ3) is 2.96. The first-order valence-electron chi connectivity index (χ1n) is 8.45. The molecule has 4 atom stereocenters. The van der Waals surface area contributed by atoms with Gasteiger partial charge in [-0.25, -0.2) is 0 Å². The van der Waals surface area contributed by atoms with Crippen LogP contribution in [0.1, 0.15) is 37.0 Å². The van der Waals surface area contributed by atoms with Gasteiger partial charge in [-0.3, -0.25) is 0 Å². The summed E-state index contributed by atoms with van der Waals surface area (Å²) < 4.78 is 6.15. The summed E-state index contributed by atoms with van der Waals surface area (Å²) in [7, 11) is 0. The SMILES string of the molecule is CC12CCC(C[C@H](c3cccs3)[C@H]1COc1cccc(Cl)c1Cl)N2. The van der Waals surface area contributed by atoms with Gasteiger partial charge in [-0.15, -0.1) is 11.3 Å². The molecule has 24 heavy (non-hydrogen) atoms. The molecule has 128 valence electrons. The summed E-state index contributed by atoms with van der Waals surface area (Å²) >= 11 is 14.3. The van der Waals surface area contributed by atoms with Crippen LogP contribution in [0, 0.1) is 5.92 Å². The molecule has 2 nitrogen and oxygen atoms in total. The van der Waals surface area contributed by atoms with Gasteiger partial charge in [0.05, 0.1) is 11.6 Å². The highest BCUT2D eigenvalue weighted by atomic mass is 35.5. The van der Waals surface area contributed by atoms with Gasteiger partial charge in [-0.05, 0) is 49.8 Å². The molecule has 2 unspecified atom stereocenters. The number of hydrogen-bond donors (Lipinski definition) is 1. The van der Waals surface area contributed by atoms with E-state index in [0.717, 1.165) is 0 Å². The zero-order valence-electron chi connectivity index (χ0n) is 13.6. The van der Waals surface area contributed by atoms with Crippen molar-refractivity contribution in [3.05, 3.63) is 50.6 Å². The molecule has 0 radical (unpaired) electrons. The van der Waals surface area contributed by atoms with E-state index in [1.165, 1.54) is 24.1 Å². The number of piperidine rings is 1. The second-order valence-electron chi connectivity index (χ2n) is 7.12. The molecule has 3 heterocycles. The van der Waals surface area contributed by atoms with Crippen LogP contribution in [0.25, 0.3) is 0 Å². The van der Waals surface area contributed by atoms with Crippen molar-refractivity contribution in [2.75, 3.05) is 6.61 Å². The fraction of sp³-hybridized carbons (Fsp3) is 0.474. The summed E-state index contributed by atoms with van der Waals surface area (Å²) in [6.07, 6.45) is 3.65. The summed E-state index contributed by atoms with van der Waals surface area (Å²) in [6.45, 7) is 3.00. The summed E-state index contributed by atoms with van der Waals surface area (Å²) in [4.78, 5) is 1.47. The summed E-state index contributed by atoms with van der Waals surface area (Å²) in [5, 5.41) is 7.05. The average molecular weight is 382 g/mol. The molecule has 1 N–H and O–H groups in total. The monoisotopic (exact) mass is 381 g/mol. The number of halogens is 2. The number of rotatable bonds is 4. The molecule has 4 rings (SSSR count). The molecule has 2 saturated heterocycles.